The second-order valence-electron chi connectivity index (χ2n) is 5.44. The minimum absolute atomic E-state index is 0.139. The Hall–Kier alpha value is -3.00. The second kappa shape index (κ2) is 8.91. The van der Waals surface area contributed by atoms with Gasteiger partial charge in [0.2, 0.25) is 5.89 Å². The molecule has 0 bridgehead atoms. The van der Waals surface area contributed by atoms with Crippen molar-refractivity contribution in [3.8, 4) is 11.5 Å². The van der Waals surface area contributed by atoms with Crippen LogP contribution in [0.5, 0.6) is 0 Å². The molecule has 0 saturated heterocycles. The predicted octanol–water partition coefficient (Wildman–Crippen LogP) is 2.96. The summed E-state index contributed by atoms with van der Waals surface area (Å²) in [5.74, 6) is 0.304. The van der Waals surface area contributed by atoms with E-state index in [0.717, 1.165) is 28.6 Å². The molecule has 26 heavy (non-hydrogen) atoms. The van der Waals surface area contributed by atoms with Crippen LogP contribution in [0.25, 0.3) is 11.5 Å². The quantitative estimate of drug-likeness (QED) is 0.392. The number of pyridine rings is 1. The summed E-state index contributed by atoms with van der Waals surface area (Å²) < 4.78 is 5.52. The van der Waals surface area contributed by atoms with Gasteiger partial charge < -0.3 is 4.42 Å². The third kappa shape index (κ3) is 5.25. The first-order chi connectivity index (χ1) is 12.7. The highest BCUT2D eigenvalue weighted by Crippen LogP contribution is 2.22. The molecule has 1 amide bonds. The third-order valence-corrected chi connectivity index (χ3v) is 4.15. The standard InChI is InChI=1S/C18H17N5O2S/c1-13(11-14-5-3-2-4-6-14)20-21-16(24)12-26-18-23-22-17(25-18)15-7-9-19-10-8-15/h2-10H,11-12H2,1H3,(H,21,24)/b20-13+. The maximum absolute atomic E-state index is 11.9. The van der Waals surface area contributed by atoms with Crippen molar-refractivity contribution in [1.29, 1.82) is 0 Å². The van der Waals surface area contributed by atoms with Gasteiger partial charge in [0.15, 0.2) is 0 Å². The number of thioether (sulfide) groups is 1. The Morgan fingerprint density at radius 1 is 1.15 bits per heavy atom. The van der Waals surface area contributed by atoms with E-state index in [1.54, 1.807) is 24.5 Å². The highest BCUT2D eigenvalue weighted by molar-refractivity contribution is 7.99. The van der Waals surface area contributed by atoms with E-state index in [4.69, 9.17) is 4.42 Å². The number of carbonyl (C=O) groups is 1. The van der Waals surface area contributed by atoms with Crippen molar-refractivity contribution in [2.45, 2.75) is 18.6 Å². The lowest BCUT2D eigenvalue weighted by Crippen LogP contribution is -2.21. The van der Waals surface area contributed by atoms with Gasteiger partial charge in [-0.1, -0.05) is 42.1 Å². The van der Waals surface area contributed by atoms with Crippen molar-refractivity contribution in [1.82, 2.24) is 20.6 Å². The van der Waals surface area contributed by atoms with E-state index in [0.29, 0.717) is 17.5 Å². The second-order valence-corrected chi connectivity index (χ2v) is 6.37. The average molecular weight is 367 g/mol. The topological polar surface area (TPSA) is 93.3 Å². The molecule has 0 spiro atoms. The van der Waals surface area contributed by atoms with Gasteiger partial charge in [-0.15, -0.1) is 10.2 Å². The molecule has 1 N–H and O–H groups in total. The number of aromatic nitrogens is 3. The van der Waals surface area contributed by atoms with Gasteiger partial charge in [0.05, 0.1) is 5.75 Å². The number of nitrogens with zero attached hydrogens (tertiary/aromatic N) is 4. The van der Waals surface area contributed by atoms with E-state index in [1.807, 2.05) is 37.3 Å². The summed E-state index contributed by atoms with van der Waals surface area (Å²) in [4.78, 5) is 15.9. The van der Waals surface area contributed by atoms with Crippen LogP contribution >= 0.6 is 11.8 Å². The van der Waals surface area contributed by atoms with Gasteiger partial charge in [0.1, 0.15) is 0 Å². The fraction of sp³-hybridized carbons (Fsp3) is 0.167. The van der Waals surface area contributed by atoms with Crippen LogP contribution < -0.4 is 5.43 Å². The van der Waals surface area contributed by atoms with Crippen LogP contribution in [0.15, 0.2) is 69.6 Å². The monoisotopic (exact) mass is 367 g/mol. The van der Waals surface area contributed by atoms with Crippen molar-refractivity contribution in [2.24, 2.45) is 5.10 Å². The smallest absolute Gasteiger partial charge is 0.277 e. The van der Waals surface area contributed by atoms with Crippen LogP contribution in [0.2, 0.25) is 0 Å². The summed E-state index contributed by atoms with van der Waals surface area (Å²) in [6, 6.07) is 13.5. The van der Waals surface area contributed by atoms with Gasteiger partial charge in [-0.2, -0.15) is 5.10 Å². The molecule has 0 aliphatic carbocycles. The van der Waals surface area contributed by atoms with E-state index in [1.165, 1.54) is 0 Å². The zero-order chi connectivity index (χ0) is 18.2. The Kier molecular flexibility index (Phi) is 6.10. The number of hydrogen-bond acceptors (Lipinski definition) is 7. The summed E-state index contributed by atoms with van der Waals surface area (Å²) in [6.45, 7) is 1.87. The zero-order valence-corrected chi connectivity index (χ0v) is 14.9. The summed E-state index contributed by atoms with van der Waals surface area (Å²) in [5, 5.41) is 12.3. The number of hydrazone groups is 1. The van der Waals surface area contributed by atoms with Crippen molar-refractivity contribution < 1.29 is 9.21 Å². The third-order valence-electron chi connectivity index (χ3n) is 3.33. The van der Waals surface area contributed by atoms with Crippen LogP contribution in [0, 0.1) is 0 Å². The molecule has 0 radical (unpaired) electrons. The van der Waals surface area contributed by atoms with Crippen molar-refractivity contribution in [2.75, 3.05) is 5.75 Å². The molecule has 132 valence electrons. The molecule has 1 aromatic carbocycles. The van der Waals surface area contributed by atoms with E-state index in [-0.39, 0.29) is 11.7 Å². The highest BCUT2D eigenvalue weighted by atomic mass is 32.2. The first-order valence-corrected chi connectivity index (χ1v) is 8.92. The van der Waals surface area contributed by atoms with E-state index >= 15 is 0 Å². The number of hydrogen-bond donors (Lipinski definition) is 1. The number of benzene rings is 1. The van der Waals surface area contributed by atoms with Gasteiger partial charge in [0.25, 0.3) is 11.1 Å². The van der Waals surface area contributed by atoms with Gasteiger partial charge >= 0.3 is 0 Å². The van der Waals surface area contributed by atoms with Gasteiger partial charge in [-0.25, -0.2) is 5.43 Å². The van der Waals surface area contributed by atoms with Gasteiger partial charge in [-0.05, 0) is 24.6 Å². The molecule has 2 aromatic heterocycles. The van der Waals surface area contributed by atoms with E-state index in [2.05, 4.69) is 25.7 Å². The van der Waals surface area contributed by atoms with Crippen molar-refractivity contribution in [3.05, 3.63) is 60.4 Å². The lowest BCUT2D eigenvalue weighted by atomic mass is 10.1. The minimum atomic E-state index is -0.230. The Morgan fingerprint density at radius 3 is 2.69 bits per heavy atom. The SMILES string of the molecule is C/C(Cc1ccccc1)=N\NC(=O)CSc1nnc(-c2ccncc2)o1. The molecule has 0 aliphatic heterocycles. The van der Waals surface area contributed by atoms with Crippen LogP contribution in [0.3, 0.4) is 0 Å². The number of carbonyl (C=O) groups excluding carboxylic acids is 1. The van der Waals surface area contributed by atoms with Crippen LogP contribution in [0.4, 0.5) is 0 Å². The summed E-state index contributed by atoms with van der Waals surface area (Å²) in [7, 11) is 0. The Labute approximate surface area is 154 Å². The molecule has 3 rings (SSSR count). The summed E-state index contributed by atoms with van der Waals surface area (Å²) in [6.07, 6.45) is 3.98. The van der Waals surface area contributed by atoms with E-state index in [9.17, 15) is 4.79 Å². The fourth-order valence-corrected chi connectivity index (χ4v) is 2.68. The Morgan fingerprint density at radius 2 is 1.92 bits per heavy atom. The largest absolute Gasteiger partial charge is 0.411 e. The molecule has 2 heterocycles. The molecule has 3 aromatic rings. The van der Waals surface area contributed by atoms with Crippen molar-refractivity contribution in [3.63, 3.8) is 0 Å². The maximum atomic E-state index is 11.9. The number of amides is 1. The molecule has 7 nitrogen and oxygen atoms in total. The molecular formula is C18H17N5O2S. The molecule has 0 fully saturated rings. The van der Waals surface area contributed by atoms with Crippen LogP contribution in [-0.2, 0) is 11.2 Å². The molecule has 0 unspecified atom stereocenters. The lowest BCUT2D eigenvalue weighted by molar-refractivity contribution is -0.118. The lowest BCUT2D eigenvalue weighted by Gasteiger charge is -2.02. The normalized spacial score (nSPS) is 11.3. The van der Waals surface area contributed by atoms with Gasteiger partial charge in [-0.3, -0.25) is 9.78 Å². The van der Waals surface area contributed by atoms with Crippen LogP contribution in [-0.4, -0.2) is 32.6 Å². The Balaban J connectivity index is 1.47. The zero-order valence-electron chi connectivity index (χ0n) is 14.1. The molecule has 0 aliphatic rings. The minimum Gasteiger partial charge on any atom is -0.411 e. The summed E-state index contributed by atoms with van der Waals surface area (Å²) in [5.41, 5.74) is 5.30. The number of nitrogens with one attached hydrogen (secondary N) is 1. The first kappa shape index (κ1) is 17.8. The molecular weight excluding hydrogens is 350 g/mol. The van der Waals surface area contributed by atoms with Gasteiger partial charge in [0, 0.05) is 30.1 Å². The predicted molar refractivity (Wildman–Crippen MR) is 99.7 cm³/mol. The Bertz CT molecular complexity index is 881. The fourth-order valence-electron chi connectivity index (χ4n) is 2.13. The average Bonchev–Trinajstić information content (AvgIpc) is 3.15. The van der Waals surface area contributed by atoms with E-state index < -0.39 is 0 Å². The van der Waals surface area contributed by atoms with Crippen molar-refractivity contribution >= 4 is 23.4 Å². The molecule has 0 atom stereocenters. The maximum Gasteiger partial charge on any atom is 0.277 e. The molecule has 8 heteroatoms. The van der Waals surface area contributed by atoms with Crippen LogP contribution in [0.1, 0.15) is 12.5 Å². The first-order valence-electron chi connectivity index (χ1n) is 7.93. The highest BCUT2D eigenvalue weighted by Gasteiger charge is 2.11. The molecule has 0 saturated carbocycles. The number of rotatable bonds is 7. The summed E-state index contributed by atoms with van der Waals surface area (Å²) >= 11 is 1.16.